The molecule has 2 heterocycles. The molecule has 1 saturated carbocycles. The zero-order valence-corrected chi connectivity index (χ0v) is 37.3. The average Bonchev–Trinajstić information content (AvgIpc) is 3.27. The van der Waals surface area contributed by atoms with Crippen molar-refractivity contribution in [1.29, 1.82) is 0 Å². The van der Waals surface area contributed by atoms with Gasteiger partial charge < -0.3 is 53.2 Å². The summed E-state index contributed by atoms with van der Waals surface area (Å²) in [5, 5.41) is 42.1. The second kappa shape index (κ2) is 26.0. The summed E-state index contributed by atoms with van der Waals surface area (Å²) in [5.74, 6) is -17.3. The number of thioether (sulfide) groups is 2. The maximum Gasteiger partial charge on any atom is 0.451 e. The normalized spacial score (nSPS) is 17.8. The second-order valence-corrected chi connectivity index (χ2v) is 17.4. The van der Waals surface area contributed by atoms with Crippen molar-refractivity contribution in [3.63, 3.8) is 0 Å². The number of nitrogens with one attached hydrogen (secondary N) is 4. The van der Waals surface area contributed by atoms with Gasteiger partial charge in [0.2, 0.25) is 29.5 Å². The van der Waals surface area contributed by atoms with Gasteiger partial charge in [0.05, 0.1) is 16.2 Å². The lowest BCUT2D eigenvalue weighted by molar-refractivity contribution is -0.145. The summed E-state index contributed by atoms with van der Waals surface area (Å²) in [4.78, 5) is 127. The Kier molecular flexibility index (Phi) is 21.5. The van der Waals surface area contributed by atoms with E-state index in [1.807, 2.05) is 10.6 Å². The van der Waals surface area contributed by atoms with Crippen molar-refractivity contribution < 1.29 is 89.9 Å². The summed E-state index contributed by atoms with van der Waals surface area (Å²) >= 11 is 1.18. The lowest BCUT2D eigenvalue weighted by Crippen LogP contribution is -2.50. The van der Waals surface area contributed by atoms with Gasteiger partial charge in [0.15, 0.2) is 0 Å². The van der Waals surface area contributed by atoms with Crippen LogP contribution in [-0.2, 0) is 55.5 Å². The van der Waals surface area contributed by atoms with Crippen molar-refractivity contribution in [2.75, 3.05) is 24.6 Å². The molecule has 3 rings (SSSR count). The Hall–Kier alpha value is -6.21. The summed E-state index contributed by atoms with van der Waals surface area (Å²) in [6, 6.07) is -4.86. The van der Waals surface area contributed by atoms with Crippen LogP contribution >= 0.6 is 23.5 Å². The molecule has 69 heavy (non-hydrogen) atoms. The number of carboxylic acids is 4. The Labute approximate surface area is 394 Å². The number of hydrogen-bond acceptors (Lipinski definition) is 17. The van der Waals surface area contributed by atoms with Gasteiger partial charge in [0.25, 0.3) is 0 Å². The van der Waals surface area contributed by atoms with Crippen LogP contribution in [0, 0.1) is 11.8 Å². The first kappa shape index (κ1) is 57.1. The second-order valence-electron chi connectivity index (χ2n) is 15.1. The number of halogens is 6. The van der Waals surface area contributed by atoms with E-state index in [1.54, 1.807) is 0 Å². The third kappa shape index (κ3) is 18.3. The van der Waals surface area contributed by atoms with Crippen molar-refractivity contribution in [3.05, 3.63) is 47.6 Å². The quantitative estimate of drug-likeness (QED) is 0.0566. The number of carboxylic acid groups (broad SMARTS) is 4. The molecule has 0 aliphatic heterocycles. The minimum absolute atomic E-state index is 0.0392. The molecule has 1 aliphatic rings. The SMILES string of the molecule is NC(CCC(=O)NC(CSC(c1ccnc(C(F)(F)F)n1)C1CCCC(C(SCC(NC(=O)CCC(N)C(=O)O)C(=O)NCC(=O)O)c2nccc(C(F)(F)F)n2)C1=O)C(=O)NCC(=O)O)C(=O)O. The molecule has 0 radical (unpaired) electrons. The van der Waals surface area contributed by atoms with E-state index < -0.39 is 185 Å². The predicted molar refractivity (Wildman–Crippen MR) is 225 cm³/mol. The number of rotatable bonds is 26. The predicted octanol–water partition coefficient (Wildman–Crippen LogP) is 0.294. The molecule has 4 amide bonds. The fraction of sp³-hybridized carbons (Fsp3) is 0.553. The van der Waals surface area contributed by atoms with E-state index >= 15 is 0 Å². The Morgan fingerprint density at radius 1 is 0.681 bits per heavy atom. The molecule has 2 aromatic heterocycles. The molecule has 0 spiro atoms. The van der Waals surface area contributed by atoms with Crippen molar-refractivity contribution in [2.45, 2.75) is 92.0 Å². The highest BCUT2D eigenvalue weighted by Gasteiger charge is 2.45. The maximum absolute atomic E-state index is 14.9. The summed E-state index contributed by atoms with van der Waals surface area (Å²) in [6.45, 7) is -1.93. The first-order valence-electron chi connectivity index (χ1n) is 20.3. The van der Waals surface area contributed by atoms with Gasteiger partial charge in [-0.3, -0.25) is 43.2 Å². The van der Waals surface area contributed by atoms with Gasteiger partial charge in [-0.15, -0.1) is 23.5 Å². The molecule has 1 aliphatic carbocycles. The summed E-state index contributed by atoms with van der Waals surface area (Å²) in [7, 11) is 0. The van der Waals surface area contributed by atoms with E-state index in [9.17, 15) is 69.5 Å². The number of amides is 4. The molecule has 2 aromatic rings. The zero-order chi connectivity index (χ0) is 51.8. The van der Waals surface area contributed by atoms with E-state index in [4.69, 9.17) is 31.9 Å². The van der Waals surface area contributed by atoms with Gasteiger partial charge in [-0.1, -0.05) is 6.42 Å². The van der Waals surface area contributed by atoms with Crippen molar-refractivity contribution >= 4 is 76.8 Å². The molecule has 8 unspecified atom stereocenters. The number of hydrogen-bond donors (Lipinski definition) is 10. The number of aliphatic carboxylic acids is 4. The van der Waals surface area contributed by atoms with E-state index in [0.29, 0.717) is 29.6 Å². The van der Waals surface area contributed by atoms with Crippen LogP contribution in [-0.4, -0.2) is 142 Å². The number of alkyl halides is 6. The molecule has 380 valence electrons. The minimum Gasteiger partial charge on any atom is -0.480 e. The lowest BCUT2D eigenvalue weighted by Gasteiger charge is -2.36. The van der Waals surface area contributed by atoms with Crippen LogP contribution in [0.2, 0.25) is 0 Å². The third-order valence-electron chi connectivity index (χ3n) is 9.95. The number of nitrogens with two attached hydrogens (primary N) is 2. The van der Waals surface area contributed by atoms with Crippen LogP contribution in [0.1, 0.15) is 78.5 Å². The molecule has 31 heteroatoms. The van der Waals surface area contributed by atoms with Crippen molar-refractivity contribution in [3.8, 4) is 0 Å². The summed E-state index contributed by atoms with van der Waals surface area (Å²) < 4.78 is 84.1. The average molecular weight is 1030 g/mol. The standard InChI is InChI=1S/C38H46F6N10O13S2/c39-37(40,41)23-9-11-47-31(54-23)30(69-15-22(33(63)50-13-27(59)60)52-25(56)7-5-19(46)35(66)67)17-3-1-2-16(28(17)61)29(20-8-10-48-36(53-20)38(42,43)44)68-14-21(32(62)49-12-26(57)58)51-24(55)6-4-18(45)34(64)65/h8-11,16-19,21-22,29-30H,1-7,12-15,45-46H2,(H,49,62)(H,50,63)(H,51,55)(H,52,56)(H,57,58)(H,59,60)(H,64,65)(H,66,67). The first-order valence-corrected chi connectivity index (χ1v) is 22.4. The Balaban J connectivity index is 2.12. The number of ketones is 1. The van der Waals surface area contributed by atoms with Crippen molar-refractivity contribution in [2.24, 2.45) is 23.3 Å². The molecular weight excluding hydrogens is 983 g/mol. The van der Waals surface area contributed by atoms with Crippen LogP contribution in [0.25, 0.3) is 0 Å². The lowest BCUT2D eigenvalue weighted by atomic mass is 9.76. The van der Waals surface area contributed by atoms with Crippen LogP contribution in [0.5, 0.6) is 0 Å². The van der Waals surface area contributed by atoms with Gasteiger partial charge >= 0.3 is 36.2 Å². The Morgan fingerprint density at radius 2 is 1.14 bits per heavy atom. The molecule has 0 bridgehead atoms. The number of nitrogens with zero attached hydrogens (tertiary/aromatic N) is 4. The van der Waals surface area contributed by atoms with Gasteiger partial charge in [0.1, 0.15) is 54.6 Å². The fourth-order valence-electron chi connectivity index (χ4n) is 6.52. The molecule has 1 fully saturated rings. The van der Waals surface area contributed by atoms with Crippen LogP contribution in [0.15, 0.2) is 24.5 Å². The number of carbonyl (C=O) groups excluding carboxylic acids is 5. The topological polar surface area (TPSA) is 386 Å². The number of carbonyl (C=O) groups is 9. The fourth-order valence-corrected chi connectivity index (χ4v) is 9.36. The van der Waals surface area contributed by atoms with E-state index in [-0.39, 0.29) is 19.3 Å². The third-order valence-corrected chi connectivity index (χ3v) is 12.8. The van der Waals surface area contributed by atoms with Gasteiger partial charge in [-0.05, 0) is 37.8 Å². The van der Waals surface area contributed by atoms with Gasteiger partial charge in [-0.2, -0.15) is 26.3 Å². The van der Waals surface area contributed by atoms with E-state index in [2.05, 4.69) is 30.6 Å². The zero-order valence-electron chi connectivity index (χ0n) is 35.7. The highest BCUT2D eigenvalue weighted by Crippen LogP contribution is 2.48. The van der Waals surface area contributed by atoms with Crippen LogP contribution in [0.4, 0.5) is 26.3 Å². The monoisotopic (exact) mass is 1030 g/mol. The maximum atomic E-state index is 14.9. The highest BCUT2D eigenvalue weighted by molar-refractivity contribution is 7.99. The molecule has 12 N–H and O–H groups in total. The highest BCUT2D eigenvalue weighted by atomic mass is 32.2. The molecule has 23 nitrogen and oxygen atoms in total. The van der Waals surface area contributed by atoms with Gasteiger partial charge in [-0.25, -0.2) is 19.9 Å². The first-order chi connectivity index (χ1) is 32.2. The Morgan fingerprint density at radius 3 is 1.59 bits per heavy atom. The minimum atomic E-state index is -5.14. The smallest absolute Gasteiger partial charge is 0.451 e. The molecule has 0 aromatic carbocycles. The number of Topliss-reactive ketones (excluding diaryl/α,β-unsaturated/α-hetero) is 1. The molecule has 8 atom stereocenters. The molecular formula is C38H46F6N10O13S2. The number of aromatic nitrogens is 4. The molecule has 0 saturated heterocycles. The van der Waals surface area contributed by atoms with E-state index in [0.717, 1.165) is 18.5 Å². The largest absolute Gasteiger partial charge is 0.480 e. The van der Waals surface area contributed by atoms with Crippen LogP contribution < -0.4 is 32.7 Å². The van der Waals surface area contributed by atoms with E-state index in [1.165, 1.54) is 0 Å². The van der Waals surface area contributed by atoms with Crippen molar-refractivity contribution in [1.82, 2.24) is 41.2 Å². The Bertz CT molecular complexity index is 2070. The van der Waals surface area contributed by atoms with Gasteiger partial charge in [0, 0.05) is 48.6 Å². The summed E-state index contributed by atoms with van der Waals surface area (Å²) in [5.41, 5.74) is 9.02. The van der Waals surface area contributed by atoms with Crippen LogP contribution in [0.3, 0.4) is 0 Å². The summed E-state index contributed by atoms with van der Waals surface area (Å²) in [6.07, 6.45) is -10.9.